The minimum absolute atomic E-state index is 0.117. The third kappa shape index (κ3) is 2.23. The third-order valence-electron chi connectivity index (χ3n) is 3.31. The van der Waals surface area contributed by atoms with Crippen molar-refractivity contribution in [2.45, 2.75) is 6.04 Å². The fourth-order valence-electron chi connectivity index (χ4n) is 2.23. The molecule has 2 aromatic rings. The lowest BCUT2D eigenvalue weighted by Gasteiger charge is -2.14. The van der Waals surface area contributed by atoms with Gasteiger partial charge in [-0.3, -0.25) is 9.59 Å². The predicted octanol–water partition coefficient (Wildman–Crippen LogP) is 0.164. The van der Waals surface area contributed by atoms with Crippen molar-refractivity contribution in [1.82, 2.24) is 14.7 Å². The first kappa shape index (κ1) is 12.6. The van der Waals surface area contributed by atoms with Crippen LogP contribution in [0.2, 0.25) is 0 Å². The van der Waals surface area contributed by atoms with Gasteiger partial charge >= 0.3 is 5.97 Å². The zero-order chi connectivity index (χ0) is 14.1. The Kier molecular flexibility index (Phi) is 3.11. The number of carbonyl (C=O) groups is 2. The number of imidazole rings is 1. The molecule has 2 unspecified atom stereocenters. The zero-order valence-electron chi connectivity index (χ0n) is 10.5. The molecular formula is C13H13N3O4. The van der Waals surface area contributed by atoms with Crippen LogP contribution in [0.4, 0.5) is 0 Å². The highest BCUT2D eigenvalue weighted by Crippen LogP contribution is 2.14. The predicted molar refractivity (Wildman–Crippen MR) is 68.4 cm³/mol. The largest absolute Gasteiger partial charge is 0.481 e. The molecule has 0 radical (unpaired) electrons. The van der Waals surface area contributed by atoms with Gasteiger partial charge in [0.15, 0.2) is 0 Å². The van der Waals surface area contributed by atoms with Crippen molar-refractivity contribution in [3.63, 3.8) is 0 Å². The fraction of sp³-hybridized carbons (Fsp3) is 0.308. The van der Waals surface area contributed by atoms with Crippen LogP contribution in [-0.2, 0) is 9.53 Å². The number of carboxylic acid groups (broad SMARTS) is 1. The van der Waals surface area contributed by atoms with E-state index in [1.807, 2.05) is 12.1 Å². The van der Waals surface area contributed by atoms with E-state index in [0.717, 1.165) is 0 Å². The maximum atomic E-state index is 12.1. The van der Waals surface area contributed by atoms with E-state index in [1.165, 1.54) is 0 Å². The topological polar surface area (TPSA) is 92.9 Å². The van der Waals surface area contributed by atoms with Crippen molar-refractivity contribution in [2.24, 2.45) is 5.92 Å². The summed E-state index contributed by atoms with van der Waals surface area (Å²) in [7, 11) is 0. The van der Waals surface area contributed by atoms with E-state index in [-0.39, 0.29) is 18.9 Å². The van der Waals surface area contributed by atoms with E-state index in [2.05, 4.69) is 10.3 Å². The smallest absolute Gasteiger partial charge is 0.311 e. The van der Waals surface area contributed by atoms with Gasteiger partial charge in [-0.1, -0.05) is 6.07 Å². The number of pyridine rings is 1. The van der Waals surface area contributed by atoms with E-state index in [0.29, 0.717) is 5.65 Å². The van der Waals surface area contributed by atoms with Crippen molar-refractivity contribution < 1.29 is 19.4 Å². The monoisotopic (exact) mass is 275 g/mol. The van der Waals surface area contributed by atoms with Gasteiger partial charge in [-0.25, -0.2) is 4.98 Å². The molecule has 0 aromatic carbocycles. The van der Waals surface area contributed by atoms with Gasteiger partial charge in [-0.15, -0.1) is 0 Å². The van der Waals surface area contributed by atoms with Gasteiger partial charge in [0, 0.05) is 12.4 Å². The number of hydrogen-bond donors (Lipinski definition) is 2. The van der Waals surface area contributed by atoms with Gasteiger partial charge in [0.1, 0.15) is 17.3 Å². The van der Waals surface area contributed by atoms with E-state index >= 15 is 0 Å². The van der Waals surface area contributed by atoms with Crippen LogP contribution in [0.15, 0.2) is 30.6 Å². The average molecular weight is 275 g/mol. The van der Waals surface area contributed by atoms with Gasteiger partial charge in [-0.2, -0.15) is 0 Å². The molecule has 104 valence electrons. The summed E-state index contributed by atoms with van der Waals surface area (Å²) >= 11 is 0. The van der Waals surface area contributed by atoms with Gasteiger partial charge in [0.05, 0.1) is 19.3 Å². The lowest BCUT2D eigenvalue weighted by Crippen LogP contribution is -2.42. The first-order valence-corrected chi connectivity index (χ1v) is 6.20. The number of nitrogens with one attached hydrogen (secondary N) is 1. The molecule has 3 heterocycles. The van der Waals surface area contributed by atoms with Gasteiger partial charge in [0.25, 0.3) is 5.91 Å². The van der Waals surface area contributed by atoms with Gasteiger partial charge < -0.3 is 19.6 Å². The molecule has 2 aromatic heterocycles. The summed E-state index contributed by atoms with van der Waals surface area (Å²) in [6.45, 7) is 0.321. The molecule has 1 saturated heterocycles. The van der Waals surface area contributed by atoms with Crippen LogP contribution in [0.3, 0.4) is 0 Å². The molecule has 0 saturated carbocycles. The highest BCUT2D eigenvalue weighted by atomic mass is 16.5. The normalized spacial score (nSPS) is 22.0. The summed E-state index contributed by atoms with van der Waals surface area (Å²) in [6.07, 6.45) is 3.40. The molecule has 1 fully saturated rings. The number of aromatic nitrogens is 2. The molecule has 1 aliphatic heterocycles. The van der Waals surface area contributed by atoms with E-state index in [1.54, 1.807) is 22.9 Å². The molecule has 20 heavy (non-hydrogen) atoms. The second kappa shape index (κ2) is 4.93. The summed E-state index contributed by atoms with van der Waals surface area (Å²) in [4.78, 5) is 27.3. The SMILES string of the molecule is O=C(NC1COCC1C(=O)O)c1cn2ccccc2n1. The summed E-state index contributed by atoms with van der Waals surface area (Å²) in [5.74, 6) is -2.07. The second-order valence-corrected chi connectivity index (χ2v) is 4.65. The maximum Gasteiger partial charge on any atom is 0.311 e. The molecule has 7 heteroatoms. The van der Waals surface area contributed by atoms with Crippen molar-refractivity contribution in [3.05, 3.63) is 36.3 Å². The standard InChI is InChI=1S/C13H13N3O4/c17-12(15-10-7-20-6-8(10)13(18)19)9-5-16-4-2-1-3-11(16)14-9/h1-5,8,10H,6-7H2,(H,15,17)(H,18,19). The quantitative estimate of drug-likeness (QED) is 0.832. The average Bonchev–Trinajstić information content (AvgIpc) is 3.03. The first-order valence-electron chi connectivity index (χ1n) is 6.20. The number of carbonyl (C=O) groups excluding carboxylic acids is 1. The van der Waals surface area contributed by atoms with E-state index in [4.69, 9.17) is 9.84 Å². The second-order valence-electron chi connectivity index (χ2n) is 4.65. The number of hydrogen-bond acceptors (Lipinski definition) is 4. The van der Waals surface area contributed by atoms with Crippen molar-refractivity contribution in [1.29, 1.82) is 0 Å². The first-order chi connectivity index (χ1) is 9.65. The Hall–Kier alpha value is -2.41. The number of fused-ring (bicyclic) bond motifs is 1. The van der Waals surface area contributed by atoms with Gasteiger partial charge in [-0.05, 0) is 12.1 Å². The lowest BCUT2D eigenvalue weighted by molar-refractivity contribution is -0.142. The lowest BCUT2D eigenvalue weighted by atomic mass is 10.0. The summed E-state index contributed by atoms with van der Waals surface area (Å²) in [6, 6.07) is 4.93. The molecule has 1 aliphatic rings. The summed E-state index contributed by atoms with van der Waals surface area (Å²) < 4.78 is 6.84. The van der Waals surface area contributed by atoms with Crippen LogP contribution in [0, 0.1) is 5.92 Å². The van der Waals surface area contributed by atoms with Crippen LogP contribution < -0.4 is 5.32 Å². The number of ether oxygens (including phenoxy) is 1. The molecule has 3 rings (SSSR count). The minimum atomic E-state index is -0.970. The molecule has 0 spiro atoms. The molecule has 1 amide bonds. The Morgan fingerprint density at radius 2 is 2.25 bits per heavy atom. The van der Waals surface area contributed by atoms with Crippen LogP contribution in [0.5, 0.6) is 0 Å². The van der Waals surface area contributed by atoms with Crippen LogP contribution in [0.25, 0.3) is 5.65 Å². The zero-order valence-corrected chi connectivity index (χ0v) is 10.5. The Morgan fingerprint density at radius 1 is 1.40 bits per heavy atom. The van der Waals surface area contributed by atoms with Crippen LogP contribution in [0.1, 0.15) is 10.5 Å². The Labute approximate surface area is 114 Å². The number of nitrogens with zero attached hydrogens (tertiary/aromatic N) is 2. The molecule has 7 nitrogen and oxygen atoms in total. The highest BCUT2D eigenvalue weighted by Gasteiger charge is 2.35. The van der Waals surface area contributed by atoms with Crippen molar-refractivity contribution in [2.75, 3.05) is 13.2 Å². The van der Waals surface area contributed by atoms with Crippen molar-refractivity contribution >= 4 is 17.5 Å². The summed E-state index contributed by atoms with van der Waals surface area (Å²) in [5, 5.41) is 11.7. The number of amides is 1. The maximum absolute atomic E-state index is 12.1. The molecule has 2 atom stereocenters. The fourth-order valence-corrected chi connectivity index (χ4v) is 2.23. The van der Waals surface area contributed by atoms with Crippen molar-refractivity contribution in [3.8, 4) is 0 Å². The van der Waals surface area contributed by atoms with Crippen LogP contribution >= 0.6 is 0 Å². The van der Waals surface area contributed by atoms with Gasteiger partial charge in [0.2, 0.25) is 0 Å². The Bertz CT molecular complexity index is 633. The number of carboxylic acids is 1. The molecular weight excluding hydrogens is 262 g/mol. The number of aliphatic carboxylic acids is 1. The van der Waals surface area contributed by atoms with E-state index < -0.39 is 23.8 Å². The molecule has 2 N–H and O–H groups in total. The molecule has 0 bridgehead atoms. The Balaban J connectivity index is 1.77. The highest BCUT2D eigenvalue weighted by molar-refractivity contribution is 5.93. The summed E-state index contributed by atoms with van der Waals surface area (Å²) in [5.41, 5.74) is 0.919. The third-order valence-corrected chi connectivity index (χ3v) is 3.31. The Morgan fingerprint density at radius 3 is 3.00 bits per heavy atom. The minimum Gasteiger partial charge on any atom is -0.481 e. The number of rotatable bonds is 3. The van der Waals surface area contributed by atoms with Crippen LogP contribution in [-0.4, -0.2) is 45.6 Å². The molecule has 0 aliphatic carbocycles. The van der Waals surface area contributed by atoms with E-state index in [9.17, 15) is 9.59 Å².